The van der Waals surface area contributed by atoms with E-state index in [9.17, 15) is 26.3 Å². The van der Waals surface area contributed by atoms with Crippen molar-refractivity contribution in [3.63, 3.8) is 0 Å². The molecule has 194 valence electrons. The van der Waals surface area contributed by atoms with Crippen LogP contribution in [0, 0.1) is 0 Å². The van der Waals surface area contributed by atoms with E-state index in [1.165, 1.54) is 24.3 Å². The molecule has 0 atom stereocenters. The van der Waals surface area contributed by atoms with Crippen LogP contribution < -0.4 is 0 Å². The second-order valence-corrected chi connectivity index (χ2v) is 9.29. The molecule has 0 aliphatic heterocycles. The van der Waals surface area contributed by atoms with Crippen LogP contribution in [0.3, 0.4) is 0 Å². The summed E-state index contributed by atoms with van der Waals surface area (Å²) < 4.78 is 81.2. The Hall–Kier alpha value is -4.52. The molecule has 39 heavy (non-hydrogen) atoms. The van der Waals surface area contributed by atoms with Crippen LogP contribution in [0.5, 0.6) is 0 Å². The average molecular weight is 531 g/mol. The van der Waals surface area contributed by atoms with Gasteiger partial charge in [-0.25, -0.2) is 0 Å². The standard InChI is InChI=1S/C32H19F6N/c33-31(34,35)24-13-9-20(10-14-24)22-17-23(21-11-15-25(16-12-21)32(36,37)38)19-26(18-22)39-29-7-3-1-5-27(29)28-6-2-4-8-30(28)39/h1-19H. The monoisotopic (exact) mass is 531 g/mol. The molecule has 0 spiro atoms. The minimum atomic E-state index is -4.46. The van der Waals surface area contributed by atoms with Crippen molar-refractivity contribution in [1.82, 2.24) is 4.57 Å². The van der Waals surface area contributed by atoms with E-state index in [2.05, 4.69) is 4.57 Å². The average Bonchev–Trinajstić information content (AvgIpc) is 3.26. The molecular formula is C32H19F6N. The largest absolute Gasteiger partial charge is 0.416 e. The fourth-order valence-corrected chi connectivity index (χ4v) is 4.98. The van der Waals surface area contributed by atoms with E-state index in [1.807, 2.05) is 60.7 Å². The number of hydrogen-bond donors (Lipinski definition) is 0. The maximum absolute atomic E-state index is 13.2. The molecule has 0 saturated heterocycles. The first kappa shape index (κ1) is 24.8. The summed E-state index contributed by atoms with van der Waals surface area (Å²) in [6.45, 7) is 0. The predicted octanol–water partition coefficient (Wildman–Crippen LogP) is 10.2. The van der Waals surface area contributed by atoms with Crippen LogP contribution in [-0.4, -0.2) is 4.57 Å². The quantitative estimate of drug-likeness (QED) is 0.200. The van der Waals surface area contributed by atoms with Crippen molar-refractivity contribution in [2.75, 3.05) is 0 Å². The summed E-state index contributed by atoms with van der Waals surface area (Å²) in [7, 11) is 0. The van der Waals surface area contributed by atoms with Gasteiger partial charge in [0.05, 0.1) is 22.2 Å². The second-order valence-electron chi connectivity index (χ2n) is 9.29. The summed E-state index contributed by atoms with van der Waals surface area (Å²) in [5, 5.41) is 2.06. The Labute approximate surface area is 219 Å². The van der Waals surface area contributed by atoms with Gasteiger partial charge in [-0.05, 0) is 76.9 Å². The van der Waals surface area contributed by atoms with E-state index >= 15 is 0 Å². The van der Waals surface area contributed by atoms with Crippen LogP contribution in [0.4, 0.5) is 26.3 Å². The van der Waals surface area contributed by atoms with Crippen molar-refractivity contribution in [1.29, 1.82) is 0 Å². The molecule has 0 saturated carbocycles. The minimum absolute atomic E-state index is 0.554. The third-order valence-corrected chi connectivity index (χ3v) is 6.85. The van der Waals surface area contributed by atoms with Gasteiger partial charge in [0.1, 0.15) is 0 Å². The molecule has 0 aliphatic carbocycles. The third kappa shape index (κ3) is 4.54. The Bertz CT molecular complexity index is 1680. The number of fused-ring (bicyclic) bond motifs is 3. The van der Waals surface area contributed by atoms with Gasteiger partial charge in [-0.2, -0.15) is 26.3 Å². The van der Waals surface area contributed by atoms with E-state index in [0.29, 0.717) is 22.3 Å². The van der Waals surface area contributed by atoms with Gasteiger partial charge in [0.25, 0.3) is 0 Å². The first-order valence-corrected chi connectivity index (χ1v) is 12.1. The lowest BCUT2D eigenvalue weighted by Crippen LogP contribution is -2.04. The molecule has 1 nitrogen and oxygen atoms in total. The lowest BCUT2D eigenvalue weighted by Gasteiger charge is -2.15. The third-order valence-electron chi connectivity index (χ3n) is 6.85. The van der Waals surface area contributed by atoms with Crippen molar-refractivity contribution in [2.24, 2.45) is 0 Å². The zero-order valence-corrected chi connectivity index (χ0v) is 20.2. The topological polar surface area (TPSA) is 4.93 Å². The summed E-state index contributed by atoms with van der Waals surface area (Å²) >= 11 is 0. The fraction of sp³-hybridized carbons (Fsp3) is 0.0625. The number of para-hydroxylation sites is 2. The SMILES string of the molecule is FC(F)(F)c1ccc(-c2cc(-c3ccc(C(F)(F)F)cc3)cc(-n3c4ccccc4c4ccccc43)c2)cc1. The first-order valence-electron chi connectivity index (χ1n) is 12.1. The molecule has 0 amide bonds. The Kier molecular flexibility index (Phi) is 5.75. The number of hydrogen-bond acceptors (Lipinski definition) is 0. The molecule has 6 aromatic rings. The lowest BCUT2D eigenvalue weighted by molar-refractivity contribution is -0.138. The number of aromatic nitrogens is 1. The van der Waals surface area contributed by atoms with Gasteiger partial charge in [0.15, 0.2) is 0 Å². The molecule has 0 bridgehead atoms. The Morgan fingerprint density at radius 1 is 0.410 bits per heavy atom. The molecule has 0 fully saturated rings. The maximum Gasteiger partial charge on any atom is 0.416 e. The number of nitrogens with zero attached hydrogens (tertiary/aromatic N) is 1. The summed E-state index contributed by atoms with van der Waals surface area (Å²) in [5.41, 5.74) is 3.47. The smallest absolute Gasteiger partial charge is 0.309 e. The Balaban J connectivity index is 1.59. The number of alkyl halides is 6. The molecule has 1 aromatic heterocycles. The Morgan fingerprint density at radius 3 is 1.18 bits per heavy atom. The minimum Gasteiger partial charge on any atom is -0.309 e. The normalized spacial score (nSPS) is 12.4. The highest BCUT2D eigenvalue weighted by molar-refractivity contribution is 6.09. The van der Waals surface area contributed by atoms with Crippen LogP contribution in [-0.2, 0) is 12.4 Å². The van der Waals surface area contributed by atoms with E-state index in [1.54, 1.807) is 6.07 Å². The van der Waals surface area contributed by atoms with Crippen LogP contribution in [0.25, 0.3) is 49.7 Å². The van der Waals surface area contributed by atoms with Crippen molar-refractivity contribution in [2.45, 2.75) is 12.4 Å². The van der Waals surface area contributed by atoms with Gasteiger partial charge in [0.2, 0.25) is 0 Å². The van der Waals surface area contributed by atoms with Crippen LogP contribution in [0.2, 0.25) is 0 Å². The van der Waals surface area contributed by atoms with Gasteiger partial charge >= 0.3 is 12.4 Å². The van der Waals surface area contributed by atoms with Gasteiger partial charge < -0.3 is 4.57 Å². The fourth-order valence-electron chi connectivity index (χ4n) is 4.98. The van der Waals surface area contributed by atoms with Crippen molar-refractivity contribution >= 4 is 21.8 Å². The van der Waals surface area contributed by atoms with E-state index in [-0.39, 0.29) is 0 Å². The number of halogens is 6. The molecule has 6 rings (SSSR count). The van der Waals surface area contributed by atoms with E-state index in [0.717, 1.165) is 51.8 Å². The number of benzene rings is 5. The van der Waals surface area contributed by atoms with Crippen LogP contribution in [0.15, 0.2) is 115 Å². The molecule has 0 aliphatic rings. The summed E-state index contributed by atoms with van der Waals surface area (Å²) in [6, 6.07) is 31.0. The first-order chi connectivity index (χ1) is 18.6. The summed E-state index contributed by atoms with van der Waals surface area (Å²) in [6.07, 6.45) is -8.93. The zero-order chi connectivity index (χ0) is 27.4. The summed E-state index contributed by atoms with van der Waals surface area (Å²) in [4.78, 5) is 0. The molecule has 0 unspecified atom stereocenters. The maximum atomic E-state index is 13.2. The molecular weight excluding hydrogens is 512 g/mol. The highest BCUT2D eigenvalue weighted by Crippen LogP contribution is 2.38. The highest BCUT2D eigenvalue weighted by Gasteiger charge is 2.31. The van der Waals surface area contributed by atoms with Crippen molar-refractivity contribution in [3.05, 3.63) is 126 Å². The van der Waals surface area contributed by atoms with Gasteiger partial charge in [-0.3, -0.25) is 0 Å². The Morgan fingerprint density at radius 2 is 0.795 bits per heavy atom. The van der Waals surface area contributed by atoms with E-state index < -0.39 is 23.5 Å². The van der Waals surface area contributed by atoms with Crippen LogP contribution in [0.1, 0.15) is 11.1 Å². The van der Waals surface area contributed by atoms with Gasteiger partial charge in [-0.1, -0.05) is 60.7 Å². The van der Waals surface area contributed by atoms with Gasteiger partial charge in [0, 0.05) is 16.5 Å². The molecule has 1 heterocycles. The van der Waals surface area contributed by atoms with Gasteiger partial charge in [-0.15, -0.1) is 0 Å². The molecule has 5 aromatic carbocycles. The molecule has 7 heteroatoms. The van der Waals surface area contributed by atoms with E-state index in [4.69, 9.17) is 0 Å². The zero-order valence-electron chi connectivity index (χ0n) is 20.2. The lowest BCUT2D eigenvalue weighted by atomic mass is 9.96. The van der Waals surface area contributed by atoms with Crippen LogP contribution >= 0.6 is 0 Å². The number of rotatable bonds is 3. The predicted molar refractivity (Wildman–Crippen MR) is 142 cm³/mol. The highest BCUT2D eigenvalue weighted by atomic mass is 19.4. The molecule has 0 radical (unpaired) electrons. The molecule has 0 N–H and O–H groups in total. The van der Waals surface area contributed by atoms with Crippen molar-refractivity contribution < 1.29 is 26.3 Å². The van der Waals surface area contributed by atoms with Crippen molar-refractivity contribution in [3.8, 4) is 27.9 Å². The second kappa shape index (κ2) is 9.05. The summed E-state index contributed by atoms with van der Waals surface area (Å²) in [5.74, 6) is 0.